The molecule has 2 aromatic carbocycles. The summed E-state index contributed by atoms with van der Waals surface area (Å²) in [5.41, 5.74) is 3.15. The van der Waals surface area contributed by atoms with E-state index in [9.17, 15) is 9.59 Å². The molecular weight excluding hydrogens is 332 g/mol. The first-order valence-corrected chi connectivity index (χ1v) is 9.25. The lowest BCUT2D eigenvalue weighted by Gasteiger charge is -2.20. The zero-order chi connectivity index (χ0) is 17.4. The van der Waals surface area contributed by atoms with E-state index in [1.54, 1.807) is 24.0 Å². The summed E-state index contributed by atoms with van der Waals surface area (Å²) in [6, 6.07) is 13.7. The van der Waals surface area contributed by atoms with Gasteiger partial charge < -0.3 is 9.88 Å². The topological polar surface area (TPSA) is 51.1 Å². The highest BCUT2D eigenvalue weighted by molar-refractivity contribution is 7.99. The van der Waals surface area contributed by atoms with Crippen molar-refractivity contribution in [3.05, 3.63) is 75.6 Å². The molecule has 4 nitrogen and oxygen atoms in total. The van der Waals surface area contributed by atoms with Crippen molar-refractivity contribution in [2.75, 3.05) is 5.75 Å². The lowest BCUT2D eigenvalue weighted by atomic mass is 10.1. The molecule has 1 amide bonds. The van der Waals surface area contributed by atoms with Gasteiger partial charge in [-0.3, -0.25) is 9.59 Å². The Balaban J connectivity index is 1.67. The summed E-state index contributed by atoms with van der Waals surface area (Å²) in [5, 5.41) is 3.48. The second-order valence-electron chi connectivity index (χ2n) is 6.23. The van der Waals surface area contributed by atoms with Crippen molar-refractivity contribution in [1.29, 1.82) is 0 Å². The number of hydrogen-bond donors (Lipinski definition) is 1. The fraction of sp³-hybridized carbons (Fsp3) is 0.200. The minimum absolute atomic E-state index is 0.197. The molecule has 0 aliphatic carbocycles. The predicted molar refractivity (Wildman–Crippen MR) is 101 cm³/mol. The maximum Gasteiger partial charge on any atom is 0.257 e. The molecule has 1 aliphatic rings. The molecule has 0 spiro atoms. The quantitative estimate of drug-likeness (QED) is 0.788. The van der Waals surface area contributed by atoms with Crippen LogP contribution >= 0.6 is 11.8 Å². The first-order chi connectivity index (χ1) is 12.1. The van der Waals surface area contributed by atoms with Crippen molar-refractivity contribution in [3.63, 3.8) is 0 Å². The molecule has 0 saturated carbocycles. The maximum atomic E-state index is 12.8. The van der Waals surface area contributed by atoms with E-state index in [1.165, 1.54) is 5.56 Å². The van der Waals surface area contributed by atoms with Gasteiger partial charge in [-0.25, -0.2) is 0 Å². The Morgan fingerprint density at radius 2 is 2.00 bits per heavy atom. The Labute approximate surface area is 149 Å². The van der Waals surface area contributed by atoms with Gasteiger partial charge >= 0.3 is 0 Å². The van der Waals surface area contributed by atoms with E-state index >= 15 is 0 Å². The van der Waals surface area contributed by atoms with E-state index in [2.05, 4.69) is 5.32 Å². The zero-order valence-electron chi connectivity index (χ0n) is 13.9. The molecule has 0 saturated heterocycles. The number of rotatable bonds is 3. The zero-order valence-corrected chi connectivity index (χ0v) is 14.7. The van der Waals surface area contributed by atoms with Crippen molar-refractivity contribution in [1.82, 2.24) is 9.88 Å². The standard InChI is InChI=1S/C20H18N2O2S/c1-13-5-7-14(8-6-13)11-21-20(24)16-12-22-9-10-25-17-4-2-3-15(18(17)22)19(16)23/h2-8,12H,9-11H2,1H3,(H,21,24). The summed E-state index contributed by atoms with van der Waals surface area (Å²) < 4.78 is 2.03. The van der Waals surface area contributed by atoms with Crippen LogP contribution in [0.15, 0.2) is 58.4 Å². The molecule has 1 aromatic heterocycles. The van der Waals surface area contributed by atoms with Crippen molar-refractivity contribution >= 4 is 28.6 Å². The van der Waals surface area contributed by atoms with Gasteiger partial charge in [0.05, 0.1) is 5.52 Å². The molecule has 0 radical (unpaired) electrons. The van der Waals surface area contributed by atoms with Crippen LogP contribution in [0.25, 0.3) is 10.9 Å². The van der Waals surface area contributed by atoms with E-state index in [0.29, 0.717) is 11.9 Å². The first-order valence-electron chi connectivity index (χ1n) is 8.26. The average molecular weight is 350 g/mol. The largest absolute Gasteiger partial charge is 0.348 e. The maximum absolute atomic E-state index is 12.8. The molecule has 2 heterocycles. The summed E-state index contributed by atoms with van der Waals surface area (Å²) in [6.45, 7) is 3.24. The highest BCUT2D eigenvalue weighted by Crippen LogP contribution is 2.30. The molecular formula is C20H18N2O2S. The van der Waals surface area contributed by atoms with Crippen molar-refractivity contribution in [3.8, 4) is 0 Å². The van der Waals surface area contributed by atoms with Crippen LogP contribution in [0.5, 0.6) is 0 Å². The van der Waals surface area contributed by atoms with Gasteiger partial charge in [0, 0.05) is 35.3 Å². The van der Waals surface area contributed by atoms with Crippen LogP contribution in [0.4, 0.5) is 0 Å². The minimum atomic E-state index is -0.320. The van der Waals surface area contributed by atoms with Gasteiger partial charge in [-0.15, -0.1) is 11.8 Å². The van der Waals surface area contributed by atoms with E-state index < -0.39 is 0 Å². The summed E-state index contributed by atoms with van der Waals surface area (Å²) in [6.07, 6.45) is 1.71. The van der Waals surface area contributed by atoms with Crippen LogP contribution in [0.1, 0.15) is 21.5 Å². The van der Waals surface area contributed by atoms with E-state index in [0.717, 1.165) is 28.3 Å². The van der Waals surface area contributed by atoms with Crippen LogP contribution < -0.4 is 10.7 Å². The predicted octanol–water partition coefficient (Wildman–Crippen LogP) is 3.35. The molecule has 0 fully saturated rings. The second-order valence-corrected chi connectivity index (χ2v) is 7.37. The normalized spacial score (nSPS) is 13.0. The summed E-state index contributed by atoms with van der Waals surface area (Å²) in [4.78, 5) is 26.5. The summed E-state index contributed by atoms with van der Waals surface area (Å²) >= 11 is 1.75. The SMILES string of the molecule is Cc1ccc(CNC(=O)c2cn3c4c(cccc4c2=O)SCC3)cc1. The number of thioether (sulfide) groups is 1. The Morgan fingerprint density at radius 1 is 1.20 bits per heavy atom. The highest BCUT2D eigenvalue weighted by Gasteiger charge is 2.19. The van der Waals surface area contributed by atoms with Gasteiger partial charge in [-0.2, -0.15) is 0 Å². The second kappa shape index (κ2) is 6.41. The highest BCUT2D eigenvalue weighted by atomic mass is 32.2. The van der Waals surface area contributed by atoms with Gasteiger partial charge in [0.1, 0.15) is 5.56 Å². The van der Waals surface area contributed by atoms with Gasteiger partial charge in [0.15, 0.2) is 0 Å². The van der Waals surface area contributed by atoms with E-state index in [1.807, 2.05) is 47.9 Å². The molecule has 1 aliphatic heterocycles. The van der Waals surface area contributed by atoms with Crippen molar-refractivity contribution < 1.29 is 4.79 Å². The van der Waals surface area contributed by atoms with Crippen LogP contribution in [0.3, 0.4) is 0 Å². The molecule has 1 N–H and O–H groups in total. The van der Waals surface area contributed by atoms with Gasteiger partial charge in [0.2, 0.25) is 5.43 Å². The number of para-hydroxylation sites is 1. The molecule has 0 atom stereocenters. The van der Waals surface area contributed by atoms with Gasteiger partial charge in [0.25, 0.3) is 5.91 Å². The molecule has 126 valence electrons. The monoisotopic (exact) mass is 350 g/mol. The third-order valence-electron chi connectivity index (χ3n) is 4.47. The number of pyridine rings is 1. The number of hydrogen-bond acceptors (Lipinski definition) is 3. The number of amides is 1. The smallest absolute Gasteiger partial charge is 0.257 e. The molecule has 25 heavy (non-hydrogen) atoms. The molecule has 0 bridgehead atoms. The fourth-order valence-corrected chi connectivity index (χ4v) is 4.16. The summed E-state index contributed by atoms with van der Waals surface area (Å²) in [5.74, 6) is 0.624. The van der Waals surface area contributed by atoms with E-state index in [4.69, 9.17) is 0 Å². The summed E-state index contributed by atoms with van der Waals surface area (Å²) in [7, 11) is 0. The third-order valence-corrected chi connectivity index (χ3v) is 5.50. The van der Waals surface area contributed by atoms with Gasteiger partial charge in [-0.1, -0.05) is 35.9 Å². The Morgan fingerprint density at radius 3 is 2.80 bits per heavy atom. The van der Waals surface area contributed by atoms with Crippen LogP contribution in [0, 0.1) is 6.92 Å². The number of aromatic nitrogens is 1. The lowest BCUT2D eigenvalue weighted by Crippen LogP contribution is -2.30. The van der Waals surface area contributed by atoms with Crippen molar-refractivity contribution in [2.45, 2.75) is 24.9 Å². The van der Waals surface area contributed by atoms with Crippen LogP contribution in [-0.4, -0.2) is 16.2 Å². The number of aryl methyl sites for hydroxylation is 2. The molecule has 0 unspecified atom stereocenters. The van der Waals surface area contributed by atoms with E-state index in [-0.39, 0.29) is 16.9 Å². The molecule has 3 aromatic rings. The third kappa shape index (κ3) is 2.96. The van der Waals surface area contributed by atoms with Gasteiger partial charge in [-0.05, 0) is 24.6 Å². The molecule has 5 heteroatoms. The number of carbonyl (C=O) groups excluding carboxylic acids is 1. The first kappa shape index (κ1) is 16.0. The minimum Gasteiger partial charge on any atom is -0.348 e. The number of nitrogens with zero attached hydrogens (tertiary/aromatic N) is 1. The Hall–Kier alpha value is -2.53. The number of carbonyl (C=O) groups is 1. The van der Waals surface area contributed by atoms with Crippen molar-refractivity contribution in [2.24, 2.45) is 0 Å². The fourth-order valence-electron chi connectivity index (χ4n) is 3.12. The Bertz CT molecular complexity index is 1020. The molecule has 4 rings (SSSR count). The number of nitrogens with one attached hydrogen (secondary N) is 1. The Kier molecular flexibility index (Phi) is 4.09. The number of benzene rings is 2. The lowest BCUT2D eigenvalue weighted by molar-refractivity contribution is 0.0949. The van der Waals surface area contributed by atoms with Crippen LogP contribution in [0.2, 0.25) is 0 Å². The average Bonchev–Trinajstić information content (AvgIpc) is 2.64. The van der Waals surface area contributed by atoms with Crippen LogP contribution in [-0.2, 0) is 13.1 Å².